The fourth-order valence-corrected chi connectivity index (χ4v) is 6.71. The highest BCUT2D eigenvalue weighted by Gasteiger charge is 2.48. The van der Waals surface area contributed by atoms with Crippen LogP contribution in [0.4, 0.5) is 11.5 Å². The Hall–Kier alpha value is -4.51. The van der Waals surface area contributed by atoms with Crippen molar-refractivity contribution in [3.8, 4) is 0 Å². The highest BCUT2D eigenvalue weighted by atomic mass is 16.5. The maximum Gasteiger partial charge on any atom is 0.354 e. The zero-order valence-corrected chi connectivity index (χ0v) is 23.7. The number of benzene rings is 1. The summed E-state index contributed by atoms with van der Waals surface area (Å²) in [6, 6.07) is 17.7. The lowest BCUT2D eigenvalue weighted by Gasteiger charge is -2.39. The molecule has 2 unspecified atom stereocenters. The first-order valence-electron chi connectivity index (χ1n) is 14.3. The number of anilines is 2. The second kappa shape index (κ2) is 9.80. The lowest BCUT2D eigenvalue weighted by molar-refractivity contribution is 0.0690. The minimum atomic E-state index is -1.08. The van der Waals surface area contributed by atoms with Crippen molar-refractivity contribution in [2.24, 2.45) is 0 Å². The third kappa shape index (κ3) is 4.63. The van der Waals surface area contributed by atoms with E-state index >= 15 is 0 Å². The number of aromatic nitrogens is 4. The Morgan fingerprint density at radius 1 is 1.07 bits per heavy atom. The summed E-state index contributed by atoms with van der Waals surface area (Å²) in [5.41, 5.74) is 3.38. The van der Waals surface area contributed by atoms with Crippen molar-refractivity contribution in [3.63, 3.8) is 0 Å². The van der Waals surface area contributed by atoms with E-state index in [4.69, 9.17) is 4.74 Å². The van der Waals surface area contributed by atoms with Gasteiger partial charge in [0, 0.05) is 38.0 Å². The first kappa shape index (κ1) is 26.4. The number of carbonyl (C=O) groups is 2. The molecule has 1 amide bonds. The molecule has 216 valence electrons. The monoisotopic (exact) mass is 567 g/mol. The largest absolute Gasteiger partial charge is 0.477 e. The number of ether oxygens (including phenoxy) is 1. The number of hydrogen-bond acceptors (Lipinski definition) is 8. The maximum atomic E-state index is 13.5. The molecule has 0 spiro atoms. The number of carboxylic acid groups (broad SMARTS) is 1. The number of amides is 1. The number of fused-ring (bicyclic) bond motifs is 3. The van der Waals surface area contributed by atoms with Gasteiger partial charge in [-0.1, -0.05) is 43.3 Å². The van der Waals surface area contributed by atoms with Crippen molar-refractivity contribution in [2.45, 2.75) is 43.7 Å². The molecule has 0 aliphatic carbocycles. The number of rotatable bonds is 6. The van der Waals surface area contributed by atoms with Crippen LogP contribution >= 0.6 is 0 Å². The van der Waals surface area contributed by atoms with Crippen molar-refractivity contribution in [1.82, 2.24) is 24.9 Å². The van der Waals surface area contributed by atoms with Crippen LogP contribution in [0.1, 0.15) is 52.0 Å². The third-order valence-electron chi connectivity index (χ3n) is 8.90. The van der Waals surface area contributed by atoms with Gasteiger partial charge in [0.25, 0.3) is 5.91 Å². The number of nitrogens with zero attached hydrogens (tertiary/aromatic N) is 6. The molecule has 3 aromatic heterocycles. The summed E-state index contributed by atoms with van der Waals surface area (Å²) in [5.74, 6) is -0.798. The molecule has 2 N–H and O–H groups in total. The van der Waals surface area contributed by atoms with Crippen LogP contribution in [0.25, 0.3) is 5.65 Å². The Bertz CT molecular complexity index is 1690. The topological polar surface area (TPSA) is 125 Å². The van der Waals surface area contributed by atoms with E-state index < -0.39 is 11.5 Å². The molecule has 11 nitrogen and oxygen atoms in total. The van der Waals surface area contributed by atoms with Gasteiger partial charge >= 0.3 is 5.97 Å². The molecule has 11 heteroatoms. The minimum Gasteiger partial charge on any atom is -0.477 e. The van der Waals surface area contributed by atoms with Crippen molar-refractivity contribution < 1.29 is 19.4 Å². The normalized spacial score (nSPS) is 25.2. The van der Waals surface area contributed by atoms with E-state index in [1.807, 2.05) is 18.0 Å². The van der Waals surface area contributed by atoms with E-state index in [2.05, 4.69) is 68.6 Å². The van der Waals surface area contributed by atoms with Crippen molar-refractivity contribution in [1.29, 1.82) is 0 Å². The van der Waals surface area contributed by atoms with Gasteiger partial charge in [-0.25, -0.2) is 19.3 Å². The van der Waals surface area contributed by atoms with E-state index in [1.54, 1.807) is 16.6 Å². The van der Waals surface area contributed by atoms with E-state index in [0.717, 1.165) is 30.8 Å². The van der Waals surface area contributed by atoms with Crippen LogP contribution in [0.15, 0.2) is 60.8 Å². The number of piperidine rings is 1. The molecule has 3 fully saturated rings. The van der Waals surface area contributed by atoms with Gasteiger partial charge in [0.2, 0.25) is 5.82 Å². The van der Waals surface area contributed by atoms with Crippen LogP contribution in [0.2, 0.25) is 0 Å². The second-order valence-electron chi connectivity index (χ2n) is 12.1. The summed E-state index contributed by atoms with van der Waals surface area (Å²) < 4.78 is 7.70. The molecule has 3 atom stereocenters. The number of aryl methyl sites for hydroxylation is 1. The molecule has 3 aliphatic heterocycles. The molecule has 7 rings (SSSR count). The Kier molecular flexibility index (Phi) is 6.16. The van der Waals surface area contributed by atoms with E-state index in [9.17, 15) is 14.7 Å². The molecule has 6 heterocycles. The average Bonchev–Trinajstić information content (AvgIpc) is 3.69. The SMILES string of the molecule is Cc1cc(N2CC[C@](C)(c3ccccc3)C2)cn2nc(C(=O)NC34COC(CN(c5cccc(C(=O)O)n5)C3)C4)nc12. The van der Waals surface area contributed by atoms with E-state index in [-0.39, 0.29) is 28.9 Å². The summed E-state index contributed by atoms with van der Waals surface area (Å²) in [6.07, 6.45) is 3.56. The Labute approximate surface area is 243 Å². The molecule has 1 aromatic carbocycles. The maximum absolute atomic E-state index is 13.5. The van der Waals surface area contributed by atoms with Gasteiger partial charge in [-0.2, -0.15) is 0 Å². The van der Waals surface area contributed by atoms with Crippen LogP contribution in [-0.2, 0) is 10.2 Å². The number of carboxylic acids is 1. The van der Waals surface area contributed by atoms with Crippen LogP contribution in [0.3, 0.4) is 0 Å². The zero-order chi connectivity index (χ0) is 29.1. The van der Waals surface area contributed by atoms with Gasteiger partial charge in [-0.3, -0.25) is 4.79 Å². The lowest BCUT2D eigenvalue weighted by Crippen LogP contribution is -2.60. The van der Waals surface area contributed by atoms with Crippen LogP contribution in [0.5, 0.6) is 0 Å². The molecule has 3 aliphatic rings. The van der Waals surface area contributed by atoms with Crippen LogP contribution < -0.4 is 15.1 Å². The predicted octanol–water partition coefficient (Wildman–Crippen LogP) is 3.08. The first-order chi connectivity index (χ1) is 20.2. The predicted molar refractivity (Wildman–Crippen MR) is 156 cm³/mol. The summed E-state index contributed by atoms with van der Waals surface area (Å²) in [7, 11) is 0. The van der Waals surface area contributed by atoms with Gasteiger partial charge in [-0.15, -0.1) is 5.10 Å². The molecular weight excluding hydrogens is 534 g/mol. The smallest absolute Gasteiger partial charge is 0.354 e. The molecule has 0 radical (unpaired) electrons. The number of hydrogen-bond donors (Lipinski definition) is 2. The summed E-state index contributed by atoms with van der Waals surface area (Å²) in [5, 5.41) is 17.1. The van der Waals surface area contributed by atoms with Gasteiger partial charge in [0.05, 0.1) is 30.1 Å². The average molecular weight is 568 g/mol. The van der Waals surface area contributed by atoms with E-state index in [1.165, 1.54) is 11.6 Å². The third-order valence-corrected chi connectivity index (χ3v) is 8.90. The minimum absolute atomic E-state index is 0.0216. The van der Waals surface area contributed by atoms with E-state index in [0.29, 0.717) is 37.6 Å². The zero-order valence-electron chi connectivity index (χ0n) is 23.7. The van der Waals surface area contributed by atoms with Gasteiger partial charge < -0.3 is 25.0 Å². The molecule has 2 bridgehead atoms. The molecular formula is C31H33N7O4. The van der Waals surface area contributed by atoms with Crippen molar-refractivity contribution in [2.75, 3.05) is 42.6 Å². The lowest BCUT2D eigenvalue weighted by atomic mass is 9.82. The molecule has 3 saturated heterocycles. The first-order valence-corrected chi connectivity index (χ1v) is 14.3. The number of nitrogens with one attached hydrogen (secondary N) is 1. The summed E-state index contributed by atoms with van der Waals surface area (Å²) >= 11 is 0. The highest BCUT2D eigenvalue weighted by Crippen LogP contribution is 2.37. The standard InChI is InChI=1S/C31H33N7O4/c1-20-13-22(36-12-11-30(2,17-36)21-7-4-3-5-8-21)15-38-27(20)33-26(35-38)28(39)34-31-14-23(42-19-31)16-37(18-31)25-10-6-9-24(32-25)29(40)41/h3-10,13,15,23H,11-12,14,16-19H2,1-2H3,(H,34,39)(H,40,41)/t23?,30-,31?/m0/s1. The number of carbonyl (C=O) groups excluding carboxylic acids is 1. The summed E-state index contributed by atoms with van der Waals surface area (Å²) in [4.78, 5) is 38.2. The number of pyridine rings is 2. The van der Waals surface area contributed by atoms with Gasteiger partial charge in [0.1, 0.15) is 5.82 Å². The Morgan fingerprint density at radius 3 is 2.71 bits per heavy atom. The molecule has 4 aromatic rings. The van der Waals surface area contributed by atoms with Gasteiger partial charge in [-0.05, 0) is 42.7 Å². The van der Waals surface area contributed by atoms with Crippen LogP contribution in [-0.4, -0.2) is 81.0 Å². The second-order valence-corrected chi connectivity index (χ2v) is 12.1. The molecule has 42 heavy (non-hydrogen) atoms. The van der Waals surface area contributed by atoms with Gasteiger partial charge in [0.15, 0.2) is 11.3 Å². The molecule has 0 saturated carbocycles. The van der Waals surface area contributed by atoms with Crippen molar-refractivity contribution >= 4 is 29.0 Å². The highest BCUT2D eigenvalue weighted by molar-refractivity contribution is 5.92. The quantitative estimate of drug-likeness (QED) is 0.362. The fraction of sp³-hybridized carbons (Fsp3) is 0.387. The number of aromatic carboxylic acids is 1. The fourth-order valence-electron chi connectivity index (χ4n) is 6.71. The van der Waals surface area contributed by atoms with Crippen LogP contribution in [0, 0.1) is 6.92 Å². The Morgan fingerprint density at radius 2 is 1.90 bits per heavy atom. The van der Waals surface area contributed by atoms with Crippen molar-refractivity contribution in [3.05, 3.63) is 83.4 Å². The summed E-state index contributed by atoms with van der Waals surface area (Å²) in [6.45, 7) is 7.50. The Balaban J connectivity index is 1.10.